The number of carbonyl (C=O) groups excluding carboxylic acids is 3. The van der Waals surface area contributed by atoms with Gasteiger partial charge in [-0.1, -0.05) is 62.9 Å². The predicted molar refractivity (Wildman–Crippen MR) is 144 cm³/mol. The second kappa shape index (κ2) is 14.9. The third kappa shape index (κ3) is 8.69. The van der Waals surface area contributed by atoms with Gasteiger partial charge in [-0.05, 0) is 51.0 Å². The summed E-state index contributed by atoms with van der Waals surface area (Å²) in [6.45, 7) is 7.37. The lowest BCUT2D eigenvalue weighted by Crippen LogP contribution is -2.56. The van der Waals surface area contributed by atoms with Gasteiger partial charge in [0.2, 0.25) is 5.91 Å². The zero-order chi connectivity index (χ0) is 28.1. The quantitative estimate of drug-likeness (QED) is 0.265. The van der Waals surface area contributed by atoms with E-state index < -0.39 is 41.1 Å². The van der Waals surface area contributed by atoms with Gasteiger partial charge in [-0.3, -0.25) is 9.59 Å². The van der Waals surface area contributed by atoms with Crippen LogP contribution in [-0.4, -0.2) is 36.5 Å². The molecule has 1 unspecified atom stereocenters. The minimum absolute atomic E-state index is 0.110. The number of amides is 2. The molecule has 8 heteroatoms. The molecule has 0 saturated heterocycles. The maximum atomic E-state index is 14.5. The van der Waals surface area contributed by atoms with E-state index in [4.69, 9.17) is 10.00 Å². The number of halogens is 1. The van der Waals surface area contributed by atoms with E-state index >= 15 is 0 Å². The number of nitriles is 1. The molecule has 0 aliphatic heterocycles. The van der Waals surface area contributed by atoms with Gasteiger partial charge in [0.1, 0.15) is 11.9 Å². The smallest absolute Gasteiger partial charge is 0.328 e. The topological polar surface area (TPSA) is 108 Å². The number of benzene rings is 2. The average molecular weight is 524 g/mol. The second-order valence-corrected chi connectivity index (χ2v) is 9.87. The van der Waals surface area contributed by atoms with E-state index in [1.165, 1.54) is 12.1 Å². The Bertz CT molecular complexity index is 1130. The molecular weight excluding hydrogens is 485 g/mol. The number of carbonyl (C=O) groups is 3. The zero-order valence-electron chi connectivity index (χ0n) is 22.7. The van der Waals surface area contributed by atoms with Crippen LogP contribution in [0.1, 0.15) is 81.3 Å². The van der Waals surface area contributed by atoms with Gasteiger partial charge in [0.05, 0.1) is 29.2 Å². The van der Waals surface area contributed by atoms with Gasteiger partial charge in [0.15, 0.2) is 0 Å². The van der Waals surface area contributed by atoms with Crippen LogP contribution < -0.4 is 10.6 Å². The number of unbranched alkanes of at least 4 members (excludes halogenated alkanes) is 3. The number of ether oxygens (including phenoxy) is 1. The Morgan fingerprint density at radius 3 is 2.34 bits per heavy atom. The maximum absolute atomic E-state index is 14.5. The van der Waals surface area contributed by atoms with E-state index in [9.17, 15) is 18.8 Å². The minimum atomic E-state index is -1.13. The molecule has 2 atom stereocenters. The van der Waals surface area contributed by atoms with Crippen molar-refractivity contribution in [3.05, 3.63) is 71.0 Å². The van der Waals surface area contributed by atoms with E-state index in [1.54, 1.807) is 20.8 Å². The molecule has 2 rings (SSSR count). The molecule has 0 bridgehead atoms. The third-order valence-electron chi connectivity index (χ3n) is 6.61. The highest BCUT2D eigenvalue weighted by Gasteiger charge is 2.39. The first kappa shape index (κ1) is 30.5. The van der Waals surface area contributed by atoms with Gasteiger partial charge in [-0.25, -0.2) is 9.18 Å². The van der Waals surface area contributed by atoms with Crippen molar-refractivity contribution in [1.29, 1.82) is 5.26 Å². The molecule has 0 aromatic heterocycles. The predicted octanol–water partition coefficient (Wildman–Crippen LogP) is 5.08. The van der Waals surface area contributed by atoms with Crippen molar-refractivity contribution in [3.8, 4) is 6.07 Å². The van der Waals surface area contributed by atoms with Crippen LogP contribution in [0.5, 0.6) is 0 Å². The Labute approximate surface area is 224 Å². The van der Waals surface area contributed by atoms with Crippen molar-refractivity contribution in [2.45, 2.75) is 78.3 Å². The van der Waals surface area contributed by atoms with E-state index in [0.29, 0.717) is 6.42 Å². The van der Waals surface area contributed by atoms with Crippen LogP contribution in [-0.2, 0) is 20.7 Å². The van der Waals surface area contributed by atoms with E-state index in [0.717, 1.165) is 37.3 Å². The summed E-state index contributed by atoms with van der Waals surface area (Å²) in [6.07, 6.45) is 4.47. The zero-order valence-corrected chi connectivity index (χ0v) is 22.7. The number of esters is 1. The lowest BCUT2D eigenvalue weighted by atomic mass is 9.80. The summed E-state index contributed by atoms with van der Waals surface area (Å²) in [4.78, 5) is 39.3. The van der Waals surface area contributed by atoms with Gasteiger partial charge in [0.25, 0.3) is 5.91 Å². The lowest BCUT2D eigenvalue weighted by Gasteiger charge is -2.35. The first-order valence-corrected chi connectivity index (χ1v) is 13.2. The number of rotatable bonds is 14. The summed E-state index contributed by atoms with van der Waals surface area (Å²) in [5.74, 6) is -2.44. The molecule has 2 amide bonds. The fourth-order valence-corrected chi connectivity index (χ4v) is 4.18. The molecule has 0 fully saturated rings. The van der Waals surface area contributed by atoms with E-state index in [2.05, 4.69) is 17.6 Å². The first-order valence-electron chi connectivity index (χ1n) is 13.2. The number of hydrogen-bond donors (Lipinski definition) is 2. The maximum Gasteiger partial charge on any atom is 0.328 e. The summed E-state index contributed by atoms with van der Waals surface area (Å²) in [6, 6.07) is 13.3. The molecular formula is C30H38FN3O4. The summed E-state index contributed by atoms with van der Waals surface area (Å²) >= 11 is 0. The number of nitrogens with one attached hydrogen (secondary N) is 2. The van der Waals surface area contributed by atoms with Crippen molar-refractivity contribution in [3.63, 3.8) is 0 Å². The molecule has 2 aromatic carbocycles. The van der Waals surface area contributed by atoms with Gasteiger partial charge >= 0.3 is 5.97 Å². The SMILES string of the molecule is CCCCCCC(NC(=O)c1ccc(C#N)cc1F)C(C)(C)C(=O)N[C@@H](Cc1ccccc1)C(=O)OCC. The van der Waals surface area contributed by atoms with Crippen molar-refractivity contribution in [1.82, 2.24) is 10.6 Å². The van der Waals surface area contributed by atoms with Crippen LogP contribution in [0, 0.1) is 22.6 Å². The Balaban J connectivity index is 2.27. The Morgan fingerprint density at radius 2 is 1.74 bits per heavy atom. The van der Waals surface area contributed by atoms with Crippen LogP contribution in [0.2, 0.25) is 0 Å². The molecule has 0 radical (unpaired) electrons. The number of nitrogens with zero attached hydrogens (tertiary/aromatic N) is 1. The monoisotopic (exact) mass is 523 g/mol. The normalized spacial score (nSPS) is 12.6. The Morgan fingerprint density at radius 1 is 1.03 bits per heavy atom. The van der Waals surface area contributed by atoms with Crippen LogP contribution in [0.4, 0.5) is 4.39 Å². The highest BCUT2D eigenvalue weighted by molar-refractivity contribution is 5.95. The minimum Gasteiger partial charge on any atom is -0.464 e. The van der Waals surface area contributed by atoms with Crippen LogP contribution >= 0.6 is 0 Å². The molecule has 7 nitrogen and oxygen atoms in total. The largest absolute Gasteiger partial charge is 0.464 e. The standard InChI is InChI=1S/C30H38FN3O4/c1-5-7-8-12-15-26(34-27(35)23-17-16-22(20-32)18-24(23)31)30(3,4)29(37)33-25(28(36)38-6-2)19-21-13-10-9-11-14-21/h9-11,13-14,16-18,25-26H,5-8,12,15,19H2,1-4H3,(H,33,37)(H,34,35)/t25-,26?/m0/s1. The fraction of sp³-hybridized carbons (Fsp3) is 0.467. The summed E-state index contributed by atoms with van der Waals surface area (Å²) in [5.41, 5.74) is -0.359. The van der Waals surface area contributed by atoms with Gasteiger partial charge < -0.3 is 15.4 Å². The number of hydrogen-bond acceptors (Lipinski definition) is 5. The molecule has 2 aromatic rings. The van der Waals surface area contributed by atoms with Crippen molar-refractivity contribution >= 4 is 17.8 Å². The van der Waals surface area contributed by atoms with Crippen LogP contribution in [0.25, 0.3) is 0 Å². The van der Waals surface area contributed by atoms with Crippen molar-refractivity contribution in [2.75, 3.05) is 6.61 Å². The third-order valence-corrected chi connectivity index (χ3v) is 6.61. The van der Waals surface area contributed by atoms with Crippen LogP contribution in [0.15, 0.2) is 48.5 Å². The fourth-order valence-electron chi connectivity index (χ4n) is 4.18. The lowest BCUT2D eigenvalue weighted by molar-refractivity contribution is -0.148. The Hall–Kier alpha value is -3.73. The summed E-state index contributed by atoms with van der Waals surface area (Å²) in [5, 5.41) is 14.7. The molecule has 2 N–H and O–H groups in total. The highest BCUT2D eigenvalue weighted by atomic mass is 19.1. The molecule has 204 valence electrons. The van der Waals surface area contributed by atoms with Crippen molar-refractivity contribution < 1.29 is 23.5 Å². The molecule has 0 spiro atoms. The second-order valence-electron chi connectivity index (χ2n) is 9.87. The molecule has 0 aliphatic carbocycles. The molecule has 38 heavy (non-hydrogen) atoms. The average Bonchev–Trinajstić information content (AvgIpc) is 2.90. The molecule has 0 saturated carbocycles. The Kier molecular flexibility index (Phi) is 11.9. The summed E-state index contributed by atoms with van der Waals surface area (Å²) < 4.78 is 19.8. The van der Waals surface area contributed by atoms with E-state index in [1.807, 2.05) is 36.4 Å². The van der Waals surface area contributed by atoms with Crippen molar-refractivity contribution in [2.24, 2.45) is 5.41 Å². The molecule has 0 heterocycles. The van der Waals surface area contributed by atoms with Gasteiger partial charge in [-0.15, -0.1) is 0 Å². The van der Waals surface area contributed by atoms with Crippen LogP contribution in [0.3, 0.4) is 0 Å². The van der Waals surface area contributed by atoms with Gasteiger partial charge in [-0.2, -0.15) is 5.26 Å². The highest BCUT2D eigenvalue weighted by Crippen LogP contribution is 2.27. The molecule has 0 aliphatic rings. The first-order chi connectivity index (χ1) is 18.1. The van der Waals surface area contributed by atoms with E-state index in [-0.39, 0.29) is 24.2 Å². The summed E-state index contributed by atoms with van der Waals surface area (Å²) in [7, 11) is 0. The van der Waals surface area contributed by atoms with Gasteiger partial charge in [0, 0.05) is 12.5 Å².